The van der Waals surface area contributed by atoms with Gasteiger partial charge in [-0.25, -0.2) is 13.1 Å². The van der Waals surface area contributed by atoms with E-state index in [1.165, 1.54) is 6.26 Å². The van der Waals surface area contributed by atoms with Crippen molar-refractivity contribution < 1.29 is 13.2 Å². The van der Waals surface area contributed by atoms with Gasteiger partial charge in [-0.3, -0.25) is 9.69 Å². The Balaban J connectivity index is 1.79. The third-order valence-corrected chi connectivity index (χ3v) is 4.00. The number of rotatable bonds is 5. The maximum Gasteiger partial charge on any atom is 0.208 e. The summed E-state index contributed by atoms with van der Waals surface area (Å²) in [4.78, 5) is 16.9. The Bertz CT molecular complexity index is 516. The highest BCUT2D eigenvalue weighted by Gasteiger charge is 2.23. The van der Waals surface area contributed by atoms with Gasteiger partial charge in [-0.15, -0.1) is 0 Å². The fourth-order valence-corrected chi connectivity index (χ4v) is 3.14. The number of nitrogens with one attached hydrogen (secondary N) is 2. The molecule has 7 heteroatoms. The number of hydrogen-bond donors (Lipinski definition) is 2. The predicted octanol–water partition coefficient (Wildman–Crippen LogP) is 0.211. The Morgan fingerprint density at radius 2 is 2.16 bits per heavy atom. The number of H-pyrrole nitrogens is 1. The number of carbonyl (C=O) groups is 1. The van der Waals surface area contributed by atoms with Crippen LogP contribution in [0.25, 0.3) is 0 Å². The van der Waals surface area contributed by atoms with Crippen LogP contribution in [0.2, 0.25) is 0 Å². The van der Waals surface area contributed by atoms with E-state index in [4.69, 9.17) is 0 Å². The minimum atomic E-state index is -3.14. The zero-order chi connectivity index (χ0) is 13.9. The second kappa shape index (κ2) is 5.85. The highest BCUT2D eigenvalue weighted by Crippen LogP contribution is 2.11. The maximum atomic E-state index is 11.9. The summed E-state index contributed by atoms with van der Waals surface area (Å²) >= 11 is 0. The Hall–Kier alpha value is -1.18. The molecule has 19 heavy (non-hydrogen) atoms. The van der Waals surface area contributed by atoms with Crippen molar-refractivity contribution in [3.05, 3.63) is 24.0 Å². The maximum absolute atomic E-state index is 11.9. The number of hydrogen-bond acceptors (Lipinski definition) is 4. The number of aromatic nitrogens is 1. The number of sulfonamides is 1. The highest BCUT2D eigenvalue weighted by molar-refractivity contribution is 7.88. The lowest BCUT2D eigenvalue weighted by atomic mass is 10.1. The van der Waals surface area contributed by atoms with Gasteiger partial charge in [0.2, 0.25) is 10.0 Å². The first-order valence-corrected chi connectivity index (χ1v) is 8.19. The minimum Gasteiger partial charge on any atom is -0.359 e. The van der Waals surface area contributed by atoms with E-state index >= 15 is 0 Å². The van der Waals surface area contributed by atoms with Gasteiger partial charge >= 0.3 is 0 Å². The average molecular weight is 285 g/mol. The number of Topliss-reactive ketones (excluding diaryl/α,β-unsaturated/α-hetero) is 1. The molecule has 2 N–H and O–H groups in total. The smallest absolute Gasteiger partial charge is 0.208 e. The van der Waals surface area contributed by atoms with Crippen molar-refractivity contribution >= 4 is 15.8 Å². The molecular weight excluding hydrogens is 266 g/mol. The molecule has 1 aliphatic heterocycles. The summed E-state index contributed by atoms with van der Waals surface area (Å²) in [6.45, 7) is 1.85. The van der Waals surface area contributed by atoms with E-state index in [9.17, 15) is 13.2 Å². The normalized spacial score (nSPS) is 18.6. The van der Waals surface area contributed by atoms with Crippen molar-refractivity contribution in [3.8, 4) is 0 Å². The van der Waals surface area contributed by atoms with Crippen LogP contribution < -0.4 is 4.72 Å². The first-order valence-electron chi connectivity index (χ1n) is 6.30. The summed E-state index contributed by atoms with van der Waals surface area (Å²) in [5, 5.41) is 0. The molecule has 1 aromatic rings. The molecule has 2 heterocycles. The van der Waals surface area contributed by atoms with E-state index in [0.717, 1.165) is 25.9 Å². The van der Waals surface area contributed by atoms with Crippen molar-refractivity contribution in [2.75, 3.05) is 25.9 Å². The molecule has 0 bridgehead atoms. The summed E-state index contributed by atoms with van der Waals surface area (Å²) in [5.41, 5.74) is 0.622. The summed E-state index contributed by atoms with van der Waals surface area (Å²) < 4.78 is 24.9. The van der Waals surface area contributed by atoms with Gasteiger partial charge in [0.15, 0.2) is 5.78 Å². The van der Waals surface area contributed by atoms with Crippen LogP contribution in [0.5, 0.6) is 0 Å². The number of likely N-dealkylation sites (tertiary alicyclic amines) is 1. The summed E-state index contributed by atoms with van der Waals surface area (Å²) in [6, 6.07) is 3.56. The Kier molecular flexibility index (Phi) is 4.38. The van der Waals surface area contributed by atoms with E-state index in [1.807, 2.05) is 0 Å². The van der Waals surface area contributed by atoms with Crippen LogP contribution in [0, 0.1) is 0 Å². The molecule has 1 fully saturated rings. The largest absolute Gasteiger partial charge is 0.359 e. The van der Waals surface area contributed by atoms with Crippen LogP contribution in [0.4, 0.5) is 0 Å². The predicted molar refractivity (Wildman–Crippen MR) is 72.6 cm³/mol. The second-order valence-corrected chi connectivity index (χ2v) is 6.73. The molecule has 1 saturated heterocycles. The molecule has 0 saturated carbocycles. The lowest BCUT2D eigenvalue weighted by molar-refractivity contribution is 0.0903. The summed E-state index contributed by atoms with van der Waals surface area (Å²) in [7, 11) is -3.14. The van der Waals surface area contributed by atoms with E-state index < -0.39 is 10.0 Å². The number of piperidine rings is 1. The molecule has 1 aromatic heterocycles. The highest BCUT2D eigenvalue weighted by atomic mass is 32.2. The SMILES string of the molecule is CS(=O)(=O)NC1CCN(CC(=O)c2ccc[nH]2)CC1. The van der Waals surface area contributed by atoms with E-state index in [0.29, 0.717) is 12.2 Å². The number of ketones is 1. The van der Waals surface area contributed by atoms with Crippen LogP contribution in [0.1, 0.15) is 23.3 Å². The molecule has 1 aliphatic rings. The molecule has 0 spiro atoms. The lowest BCUT2D eigenvalue weighted by Crippen LogP contribution is -2.45. The molecular formula is C12H19N3O3S. The third-order valence-electron chi connectivity index (χ3n) is 3.23. The number of aromatic amines is 1. The van der Waals surface area contributed by atoms with Crippen LogP contribution >= 0.6 is 0 Å². The van der Waals surface area contributed by atoms with Gasteiger partial charge in [0.1, 0.15) is 0 Å². The van der Waals surface area contributed by atoms with Crippen LogP contribution in [-0.4, -0.2) is 56.0 Å². The molecule has 0 radical (unpaired) electrons. The first-order chi connectivity index (χ1) is 8.94. The zero-order valence-corrected chi connectivity index (χ0v) is 11.7. The molecule has 6 nitrogen and oxygen atoms in total. The van der Waals surface area contributed by atoms with Gasteiger partial charge in [0, 0.05) is 25.3 Å². The van der Waals surface area contributed by atoms with Gasteiger partial charge in [0.05, 0.1) is 18.5 Å². The van der Waals surface area contributed by atoms with Crippen molar-refractivity contribution in [3.63, 3.8) is 0 Å². The summed E-state index contributed by atoms with van der Waals surface area (Å²) in [6.07, 6.45) is 4.39. The number of nitrogens with zero attached hydrogens (tertiary/aromatic N) is 1. The molecule has 0 unspecified atom stereocenters. The van der Waals surface area contributed by atoms with Crippen molar-refractivity contribution in [2.24, 2.45) is 0 Å². The average Bonchev–Trinajstić information content (AvgIpc) is 2.83. The van der Waals surface area contributed by atoms with Crippen molar-refractivity contribution in [1.82, 2.24) is 14.6 Å². The molecule has 0 amide bonds. The van der Waals surface area contributed by atoms with E-state index in [2.05, 4.69) is 14.6 Å². The van der Waals surface area contributed by atoms with E-state index in [-0.39, 0.29) is 11.8 Å². The minimum absolute atomic E-state index is 0.00756. The Labute approximate surface area is 113 Å². The quantitative estimate of drug-likeness (QED) is 0.758. The third kappa shape index (κ3) is 4.45. The molecule has 0 aromatic carbocycles. The van der Waals surface area contributed by atoms with Crippen LogP contribution in [0.3, 0.4) is 0 Å². The Morgan fingerprint density at radius 1 is 1.47 bits per heavy atom. The Morgan fingerprint density at radius 3 is 2.68 bits per heavy atom. The van der Waals surface area contributed by atoms with Gasteiger partial charge in [-0.05, 0) is 25.0 Å². The monoisotopic (exact) mass is 285 g/mol. The van der Waals surface area contributed by atoms with Gasteiger partial charge in [-0.1, -0.05) is 0 Å². The molecule has 2 rings (SSSR count). The topological polar surface area (TPSA) is 82.3 Å². The molecule has 106 valence electrons. The van der Waals surface area contributed by atoms with Crippen molar-refractivity contribution in [2.45, 2.75) is 18.9 Å². The molecule has 0 atom stereocenters. The van der Waals surface area contributed by atoms with Gasteiger partial charge in [-0.2, -0.15) is 0 Å². The van der Waals surface area contributed by atoms with Crippen LogP contribution in [0.15, 0.2) is 18.3 Å². The second-order valence-electron chi connectivity index (χ2n) is 4.95. The van der Waals surface area contributed by atoms with E-state index in [1.54, 1.807) is 18.3 Å². The fraction of sp³-hybridized carbons (Fsp3) is 0.583. The fourth-order valence-electron chi connectivity index (χ4n) is 2.30. The van der Waals surface area contributed by atoms with Gasteiger partial charge < -0.3 is 4.98 Å². The van der Waals surface area contributed by atoms with Crippen LogP contribution in [-0.2, 0) is 10.0 Å². The standard InChI is InChI=1S/C12H19N3O3S/c1-19(17,18)14-10-4-7-15(8-5-10)9-12(16)11-3-2-6-13-11/h2-3,6,10,13-14H,4-5,7-9H2,1H3. The summed E-state index contributed by atoms with van der Waals surface area (Å²) in [5.74, 6) is 0.0690. The molecule has 0 aliphatic carbocycles. The van der Waals surface area contributed by atoms with Gasteiger partial charge in [0.25, 0.3) is 0 Å². The van der Waals surface area contributed by atoms with Crippen molar-refractivity contribution in [1.29, 1.82) is 0 Å². The first kappa shape index (κ1) is 14.2. The zero-order valence-electron chi connectivity index (χ0n) is 10.9. The lowest BCUT2D eigenvalue weighted by Gasteiger charge is -2.31. The number of carbonyl (C=O) groups excluding carboxylic acids is 1.